The molecule has 0 amide bonds. The molecule has 0 aliphatic carbocycles. The Kier molecular flexibility index (Phi) is 3.75. The summed E-state index contributed by atoms with van der Waals surface area (Å²) in [7, 11) is 0. The van der Waals surface area contributed by atoms with Gasteiger partial charge in [-0.25, -0.2) is 0 Å². The summed E-state index contributed by atoms with van der Waals surface area (Å²) in [4.78, 5) is 3.49. The molecule has 0 aliphatic rings. The molecule has 2 nitrogen and oxygen atoms in total. The van der Waals surface area contributed by atoms with Crippen molar-refractivity contribution in [2.45, 2.75) is 32.7 Å². The minimum atomic E-state index is 0.461. The average Bonchev–Trinajstić information content (AvgIpc) is 2.85. The smallest absolute Gasteiger partial charge is 0.0465 e. The lowest BCUT2D eigenvalue weighted by molar-refractivity contribution is 0.510. The topological polar surface area (TPSA) is 27.8 Å². The highest BCUT2D eigenvalue weighted by Gasteiger charge is 2.11. The molecular weight excluding hydrogens is 244 g/mol. The molecule has 0 bridgehead atoms. The number of fused-ring (bicyclic) bond motifs is 3. The summed E-state index contributed by atoms with van der Waals surface area (Å²) >= 11 is 0. The van der Waals surface area contributed by atoms with Gasteiger partial charge in [-0.3, -0.25) is 0 Å². The van der Waals surface area contributed by atoms with Crippen LogP contribution in [0.5, 0.6) is 0 Å². The van der Waals surface area contributed by atoms with Crippen LogP contribution in [0.1, 0.15) is 38.3 Å². The molecule has 2 heteroatoms. The Morgan fingerprint density at radius 1 is 1.00 bits per heavy atom. The largest absolute Gasteiger partial charge is 0.355 e. The number of para-hydroxylation sites is 1. The molecule has 0 saturated heterocycles. The molecule has 0 aliphatic heterocycles. The molecule has 0 fully saturated rings. The van der Waals surface area contributed by atoms with E-state index in [1.165, 1.54) is 40.2 Å². The molecule has 2 N–H and O–H groups in total. The Morgan fingerprint density at radius 2 is 1.80 bits per heavy atom. The van der Waals surface area contributed by atoms with Crippen LogP contribution >= 0.6 is 0 Å². The van der Waals surface area contributed by atoms with Crippen LogP contribution in [0, 0.1) is 0 Å². The van der Waals surface area contributed by atoms with Crippen LogP contribution in [-0.4, -0.2) is 11.5 Å². The molecule has 1 unspecified atom stereocenters. The summed E-state index contributed by atoms with van der Waals surface area (Å²) < 4.78 is 0. The SMILES string of the molecule is CCCC(NCC)c1ccc2[nH]c3ccccc3c2c1. The number of benzene rings is 2. The van der Waals surface area contributed by atoms with E-state index in [1.54, 1.807) is 0 Å². The lowest BCUT2D eigenvalue weighted by Crippen LogP contribution is -2.20. The fourth-order valence-corrected chi connectivity index (χ4v) is 3.00. The van der Waals surface area contributed by atoms with Gasteiger partial charge in [-0.1, -0.05) is 44.5 Å². The predicted octanol–water partition coefficient (Wildman–Crippen LogP) is 4.77. The van der Waals surface area contributed by atoms with Crippen molar-refractivity contribution in [2.24, 2.45) is 0 Å². The Hall–Kier alpha value is -1.80. The van der Waals surface area contributed by atoms with Gasteiger partial charge in [0, 0.05) is 27.8 Å². The van der Waals surface area contributed by atoms with E-state index in [1.807, 2.05) is 0 Å². The predicted molar refractivity (Wildman–Crippen MR) is 87.1 cm³/mol. The van der Waals surface area contributed by atoms with Crippen LogP contribution in [0.25, 0.3) is 21.8 Å². The number of hydrogen-bond acceptors (Lipinski definition) is 1. The number of hydrogen-bond donors (Lipinski definition) is 2. The van der Waals surface area contributed by atoms with Gasteiger partial charge in [0.05, 0.1) is 0 Å². The molecule has 1 heterocycles. The summed E-state index contributed by atoms with van der Waals surface area (Å²) in [6.07, 6.45) is 2.38. The second kappa shape index (κ2) is 5.68. The zero-order valence-corrected chi connectivity index (χ0v) is 12.2. The van der Waals surface area contributed by atoms with E-state index in [0.29, 0.717) is 6.04 Å². The lowest BCUT2D eigenvalue weighted by Gasteiger charge is -2.17. The highest BCUT2D eigenvalue weighted by atomic mass is 14.9. The fourth-order valence-electron chi connectivity index (χ4n) is 3.00. The van der Waals surface area contributed by atoms with Gasteiger partial charge in [-0.2, -0.15) is 0 Å². The molecule has 1 aromatic heterocycles. The van der Waals surface area contributed by atoms with Crippen molar-refractivity contribution in [3.8, 4) is 0 Å². The minimum Gasteiger partial charge on any atom is -0.355 e. The normalized spacial score (nSPS) is 13.1. The van der Waals surface area contributed by atoms with Gasteiger partial charge in [0.1, 0.15) is 0 Å². The summed E-state index contributed by atoms with van der Waals surface area (Å²) in [5, 5.41) is 6.24. The van der Waals surface area contributed by atoms with Crippen LogP contribution in [0.2, 0.25) is 0 Å². The number of aromatic amines is 1. The van der Waals surface area contributed by atoms with Crippen molar-refractivity contribution >= 4 is 21.8 Å². The van der Waals surface area contributed by atoms with Gasteiger partial charge in [0.2, 0.25) is 0 Å². The summed E-state index contributed by atoms with van der Waals surface area (Å²) in [6.45, 7) is 5.43. The molecule has 3 aromatic rings. The highest BCUT2D eigenvalue weighted by molar-refractivity contribution is 6.07. The van der Waals surface area contributed by atoms with Crippen LogP contribution in [0.15, 0.2) is 42.5 Å². The van der Waals surface area contributed by atoms with Crippen molar-refractivity contribution in [3.63, 3.8) is 0 Å². The van der Waals surface area contributed by atoms with Crippen molar-refractivity contribution in [1.29, 1.82) is 0 Å². The van der Waals surface area contributed by atoms with Crippen molar-refractivity contribution < 1.29 is 0 Å². The minimum absolute atomic E-state index is 0.461. The van der Waals surface area contributed by atoms with Crippen LogP contribution < -0.4 is 5.32 Å². The third-order valence-electron chi connectivity index (χ3n) is 3.96. The Balaban J connectivity index is 2.10. The monoisotopic (exact) mass is 266 g/mol. The molecule has 0 radical (unpaired) electrons. The molecule has 0 saturated carbocycles. The molecule has 0 spiro atoms. The average molecular weight is 266 g/mol. The van der Waals surface area contributed by atoms with Gasteiger partial charge in [-0.05, 0) is 36.7 Å². The third-order valence-corrected chi connectivity index (χ3v) is 3.96. The van der Waals surface area contributed by atoms with Crippen molar-refractivity contribution in [1.82, 2.24) is 10.3 Å². The van der Waals surface area contributed by atoms with E-state index < -0.39 is 0 Å². The maximum atomic E-state index is 3.59. The number of aromatic nitrogens is 1. The standard InChI is InChI=1S/C18H22N2/c1-3-7-16(19-4-2)13-10-11-18-15(12-13)14-8-5-6-9-17(14)20-18/h5-6,8-12,16,19-20H,3-4,7H2,1-2H3. The van der Waals surface area contributed by atoms with E-state index >= 15 is 0 Å². The molecule has 104 valence electrons. The van der Waals surface area contributed by atoms with Crippen molar-refractivity contribution in [3.05, 3.63) is 48.0 Å². The molecule has 2 aromatic carbocycles. The maximum absolute atomic E-state index is 3.59. The van der Waals surface area contributed by atoms with Gasteiger partial charge in [0.15, 0.2) is 0 Å². The lowest BCUT2D eigenvalue weighted by atomic mass is 10.00. The van der Waals surface area contributed by atoms with E-state index in [2.05, 4.69) is 66.6 Å². The van der Waals surface area contributed by atoms with E-state index in [9.17, 15) is 0 Å². The Morgan fingerprint density at radius 3 is 2.60 bits per heavy atom. The second-order valence-electron chi connectivity index (χ2n) is 5.37. The zero-order chi connectivity index (χ0) is 13.9. The third kappa shape index (κ3) is 2.32. The van der Waals surface area contributed by atoms with Crippen LogP contribution in [-0.2, 0) is 0 Å². The quantitative estimate of drug-likeness (QED) is 0.684. The first-order valence-electron chi connectivity index (χ1n) is 7.57. The molecular formula is C18H22N2. The zero-order valence-electron chi connectivity index (χ0n) is 12.2. The second-order valence-corrected chi connectivity index (χ2v) is 5.37. The maximum Gasteiger partial charge on any atom is 0.0465 e. The first kappa shape index (κ1) is 13.2. The summed E-state index contributed by atoms with van der Waals surface area (Å²) in [5.41, 5.74) is 3.84. The first-order valence-corrected chi connectivity index (χ1v) is 7.57. The van der Waals surface area contributed by atoms with Gasteiger partial charge in [0.25, 0.3) is 0 Å². The van der Waals surface area contributed by atoms with Gasteiger partial charge in [-0.15, -0.1) is 0 Å². The summed E-state index contributed by atoms with van der Waals surface area (Å²) in [6, 6.07) is 15.8. The Bertz CT molecular complexity index is 706. The van der Waals surface area contributed by atoms with Crippen molar-refractivity contribution in [2.75, 3.05) is 6.54 Å². The summed E-state index contributed by atoms with van der Waals surface area (Å²) in [5.74, 6) is 0. The van der Waals surface area contributed by atoms with Gasteiger partial charge >= 0.3 is 0 Å². The number of H-pyrrole nitrogens is 1. The van der Waals surface area contributed by atoms with E-state index in [-0.39, 0.29) is 0 Å². The first-order chi connectivity index (χ1) is 9.83. The molecule has 3 rings (SSSR count). The van der Waals surface area contributed by atoms with Gasteiger partial charge < -0.3 is 10.3 Å². The van der Waals surface area contributed by atoms with Crippen LogP contribution in [0.4, 0.5) is 0 Å². The number of nitrogens with one attached hydrogen (secondary N) is 2. The fraction of sp³-hybridized carbons (Fsp3) is 0.333. The van der Waals surface area contributed by atoms with E-state index in [4.69, 9.17) is 0 Å². The van der Waals surface area contributed by atoms with Crippen LogP contribution in [0.3, 0.4) is 0 Å². The molecule has 1 atom stereocenters. The molecule has 20 heavy (non-hydrogen) atoms. The Labute approximate surface area is 120 Å². The number of rotatable bonds is 5. The van der Waals surface area contributed by atoms with E-state index in [0.717, 1.165) is 6.54 Å². The highest BCUT2D eigenvalue weighted by Crippen LogP contribution is 2.29.